The average molecular weight is 225 g/mol. The van der Waals surface area contributed by atoms with E-state index in [1.54, 1.807) is 11.3 Å². The van der Waals surface area contributed by atoms with Crippen LogP contribution in [0.25, 0.3) is 0 Å². The molecule has 2 nitrogen and oxygen atoms in total. The maximum absolute atomic E-state index is 6.15. The van der Waals surface area contributed by atoms with Crippen molar-refractivity contribution in [2.45, 2.75) is 39.0 Å². The van der Waals surface area contributed by atoms with Crippen LogP contribution in [0.1, 0.15) is 31.8 Å². The molecule has 0 bridgehead atoms. The second-order valence-electron chi connectivity index (χ2n) is 4.55. The Kier molecular flexibility index (Phi) is 3.44. The van der Waals surface area contributed by atoms with E-state index < -0.39 is 0 Å². The van der Waals surface area contributed by atoms with Crippen LogP contribution >= 0.6 is 11.3 Å². The molecule has 2 rings (SSSR count). The zero-order chi connectivity index (χ0) is 10.8. The van der Waals surface area contributed by atoms with Crippen molar-refractivity contribution in [3.05, 3.63) is 22.4 Å². The Hall–Kier alpha value is -0.380. The summed E-state index contributed by atoms with van der Waals surface area (Å²) in [5.74, 6) is 0.576. The van der Waals surface area contributed by atoms with E-state index in [1.807, 2.05) is 0 Å². The van der Waals surface area contributed by atoms with Gasteiger partial charge in [-0.3, -0.25) is 0 Å². The highest BCUT2D eigenvalue weighted by Gasteiger charge is 2.30. The zero-order valence-electron chi connectivity index (χ0n) is 9.57. The van der Waals surface area contributed by atoms with Crippen LogP contribution in [0.3, 0.4) is 0 Å². The molecular weight excluding hydrogens is 206 g/mol. The van der Waals surface area contributed by atoms with Crippen LogP contribution in [0, 0.1) is 5.92 Å². The Balaban J connectivity index is 2.09. The van der Waals surface area contributed by atoms with Crippen LogP contribution in [0.15, 0.2) is 17.5 Å². The first-order chi connectivity index (χ1) is 7.18. The van der Waals surface area contributed by atoms with Gasteiger partial charge in [0, 0.05) is 17.5 Å². The Morgan fingerprint density at radius 3 is 2.93 bits per heavy atom. The van der Waals surface area contributed by atoms with Gasteiger partial charge in [-0.1, -0.05) is 19.9 Å². The predicted molar refractivity (Wildman–Crippen MR) is 64.2 cm³/mol. The molecule has 1 N–H and O–H groups in total. The first kappa shape index (κ1) is 11.1. The van der Waals surface area contributed by atoms with Crippen molar-refractivity contribution < 1.29 is 4.74 Å². The number of ether oxygens (including phenoxy) is 1. The van der Waals surface area contributed by atoms with Gasteiger partial charge in [-0.25, -0.2) is 0 Å². The molecule has 3 atom stereocenters. The monoisotopic (exact) mass is 225 g/mol. The van der Waals surface area contributed by atoms with Gasteiger partial charge < -0.3 is 10.1 Å². The molecule has 1 aromatic heterocycles. The van der Waals surface area contributed by atoms with E-state index in [1.165, 1.54) is 4.88 Å². The molecular formula is C12H19NOS. The summed E-state index contributed by atoms with van der Waals surface area (Å²) in [5.41, 5.74) is 0. The molecule has 1 fully saturated rings. The summed E-state index contributed by atoms with van der Waals surface area (Å²) in [6.45, 7) is 7.60. The molecule has 0 aromatic carbocycles. The second-order valence-corrected chi connectivity index (χ2v) is 5.53. The lowest BCUT2D eigenvalue weighted by Crippen LogP contribution is -2.48. The lowest BCUT2D eigenvalue weighted by Gasteiger charge is -2.37. The standard InChI is InChI=1S/C12H19NOS/c1-8(2)10-7-13-9(3)12(14-10)11-5-4-6-15-11/h4-6,8-10,12-13H,7H2,1-3H3. The minimum atomic E-state index is 0.228. The van der Waals surface area contributed by atoms with Gasteiger partial charge in [0.25, 0.3) is 0 Å². The van der Waals surface area contributed by atoms with Crippen molar-refractivity contribution in [2.24, 2.45) is 5.92 Å². The van der Waals surface area contributed by atoms with Gasteiger partial charge >= 0.3 is 0 Å². The fourth-order valence-corrected chi connectivity index (χ4v) is 2.79. The normalized spacial score (nSPS) is 32.1. The van der Waals surface area contributed by atoms with E-state index in [9.17, 15) is 0 Å². The highest BCUT2D eigenvalue weighted by atomic mass is 32.1. The number of hydrogen-bond donors (Lipinski definition) is 1. The van der Waals surface area contributed by atoms with Crippen molar-refractivity contribution in [1.82, 2.24) is 5.32 Å². The predicted octanol–water partition coefficient (Wildman–Crippen LogP) is 2.82. The third kappa shape index (κ3) is 2.41. The van der Waals surface area contributed by atoms with Crippen LogP contribution in [0.2, 0.25) is 0 Å². The van der Waals surface area contributed by atoms with E-state index in [0.29, 0.717) is 18.1 Å². The van der Waals surface area contributed by atoms with Crippen LogP contribution in [-0.4, -0.2) is 18.7 Å². The van der Waals surface area contributed by atoms with Gasteiger partial charge in [0.2, 0.25) is 0 Å². The van der Waals surface area contributed by atoms with E-state index in [2.05, 4.69) is 43.6 Å². The first-order valence-corrected chi connectivity index (χ1v) is 6.48. The molecule has 1 saturated heterocycles. The molecule has 0 aliphatic carbocycles. The number of hydrogen-bond acceptors (Lipinski definition) is 3. The van der Waals surface area contributed by atoms with E-state index in [0.717, 1.165) is 6.54 Å². The lowest BCUT2D eigenvalue weighted by atomic mass is 10.0. The van der Waals surface area contributed by atoms with Gasteiger partial charge in [-0.2, -0.15) is 0 Å². The van der Waals surface area contributed by atoms with Gasteiger partial charge in [-0.05, 0) is 24.3 Å². The van der Waals surface area contributed by atoms with Crippen LogP contribution < -0.4 is 5.32 Å². The van der Waals surface area contributed by atoms with Crippen molar-refractivity contribution in [3.63, 3.8) is 0 Å². The quantitative estimate of drug-likeness (QED) is 0.835. The minimum Gasteiger partial charge on any atom is -0.366 e. The van der Waals surface area contributed by atoms with Crippen molar-refractivity contribution in [1.29, 1.82) is 0 Å². The van der Waals surface area contributed by atoms with Gasteiger partial charge in [0.1, 0.15) is 6.10 Å². The molecule has 3 heteroatoms. The first-order valence-electron chi connectivity index (χ1n) is 5.60. The van der Waals surface area contributed by atoms with Crippen molar-refractivity contribution >= 4 is 11.3 Å². The van der Waals surface area contributed by atoms with Crippen molar-refractivity contribution in [2.75, 3.05) is 6.54 Å². The summed E-state index contributed by atoms with van der Waals surface area (Å²) in [7, 11) is 0. The third-order valence-corrected chi connectivity index (χ3v) is 3.92. The number of morpholine rings is 1. The van der Waals surface area contributed by atoms with Gasteiger partial charge in [0.05, 0.1) is 6.10 Å². The number of nitrogens with one attached hydrogen (secondary N) is 1. The Morgan fingerprint density at radius 1 is 1.53 bits per heavy atom. The maximum atomic E-state index is 6.15. The zero-order valence-corrected chi connectivity index (χ0v) is 10.4. The fraction of sp³-hybridized carbons (Fsp3) is 0.667. The highest BCUT2D eigenvalue weighted by molar-refractivity contribution is 7.10. The summed E-state index contributed by atoms with van der Waals surface area (Å²) >= 11 is 1.78. The molecule has 1 aromatic rings. The molecule has 0 radical (unpaired) electrons. The van der Waals surface area contributed by atoms with Crippen LogP contribution in [-0.2, 0) is 4.74 Å². The Labute approximate surface area is 95.6 Å². The molecule has 1 aliphatic rings. The summed E-state index contributed by atoms with van der Waals surface area (Å²) in [5, 5.41) is 5.65. The molecule has 3 unspecified atom stereocenters. The lowest BCUT2D eigenvalue weighted by molar-refractivity contribution is -0.0790. The number of rotatable bonds is 2. The Bertz CT molecular complexity index is 297. The van der Waals surface area contributed by atoms with E-state index in [4.69, 9.17) is 4.74 Å². The topological polar surface area (TPSA) is 21.3 Å². The van der Waals surface area contributed by atoms with Crippen molar-refractivity contribution in [3.8, 4) is 0 Å². The number of thiophene rings is 1. The molecule has 15 heavy (non-hydrogen) atoms. The smallest absolute Gasteiger partial charge is 0.107 e. The van der Waals surface area contributed by atoms with Crippen LogP contribution in [0.5, 0.6) is 0 Å². The van der Waals surface area contributed by atoms with Gasteiger partial charge in [0.15, 0.2) is 0 Å². The van der Waals surface area contributed by atoms with Gasteiger partial charge in [-0.15, -0.1) is 11.3 Å². The third-order valence-electron chi connectivity index (χ3n) is 2.98. The minimum absolute atomic E-state index is 0.228. The molecule has 0 saturated carbocycles. The fourth-order valence-electron chi connectivity index (χ4n) is 1.92. The Morgan fingerprint density at radius 2 is 2.33 bits per heavy atom. The summed E-state index contributed by atoms with van der Waals surface area (Å²) in [6.07, 6.45) is 0.569. The largest absolute Gasteiger partial charge is 0.366 e. The second kappa shape index (κ2) is 4.64. The van der Waals surface area contributed by atoms with Crippen LogP contribution in [0.4, 0.5) is 0 Å². The molecule has 2 heterocycles. The maximum Gasteiger partial charge on any atom is 0.107 e. The highest BCUT2D eigenvalue weighted by Crippen LogP contribution is 2.31. The van der Waals surface area contributed by atoms with E-state index >= 15 is 0 Å². The summed E-state index contributed by atoms with van der Waals surface area (Å²) < 4.78 is 6.15. The molecule has 84 valence electrons. The summed E-state index contributed by atoms with van der Waals surface area (Å²) in [4.78, 5) is 1.33. The molecule has 0 spiro atoms. The SMILES string of the molecule is CC(C)C1CNC(C)C(c2cccs2)O1. The molecule has 0 amide bonds. The summed E-state index contributed by atoms with van der Waals surface area (Å²) in [6, 6.07) is 4.67. The molecule has 1 aliphatic heterocycles. The average Bonchev–Trinajstić information content (AvgIpc) is 2.71. The van der Waals surface area contributed by atoms with E-state index in [-0.39, 0.29) is 6.10 Å².